The maximum atomic E-state index is 15.3. The van der Waals surface area contributed by atoms with Gasteiger partial charge in [0.1, 0.15) is 78.3 Å². The smallest absolute Gasteiger partial charge is 0.303 e. The van der Waals surface area contributed by atoms with Crippen LogP contribution >= 0.6 is 12.6 Å². The first kappa shape index (κ1) is 105. The quantitative estimate of drug-likeness (QED) is 0.00888. The number of nitrogens with two attached hydrogens (primary N) is 2. The monoisotopic (exact) mass is 1850 g/mol. The number of guanidine groups is 1. The molecule has 20 N–H and O–H groups in total. The van der Waals surface area contributed by atoms with Gasteiger partial charge < -0.3 is 115 Å². The first-order valence-corrected chi connectivity index (χ1v) is 44.0. The Morgan fingerprint density at radius 1 is 0.515 bits per heavy atom. The minimum absolute atomic E-state index is 0.00639. The third-order valence-corrected chi connectivity index (χ3v) is 22.7. The molecule has 0 spiro atoms. The van der Waals surface area contributed by atoms with Gasteiger partial charge in [-0.2, -0.15) is 12.6 Å². The fourth-order valence-electron chi connectivity index (χ4n) is 14.9. The van der Waals surface area contributed by atoms with Crippen LogP contribution in [0.1, 0.15) is 107 Å². The van der Waals surface area contributed by atoms with Gasteiger partial charge in [-0.15, -0.1) is 0 Å². The predicted octanol–water partition coefficient (Wildman–Crippen LogP) is -1.56. The average molecular weight is 1850 g/mol. The Labute approximate surface area is 770 Å². The molecule has 2 heterocycles. The SMILES string of the molecule is CCC(=O)N[C@@H](Cc1ccccc1)C(=O)N[C@H](C(=O)N[C@@H](CCC(=O)O)C(=O)N(C)CC(=O)N[C@@H](Cc1ccc(O)cc1)C(=O)N(C)[C@@H](Cc1ccccc1)C(=O)N(C)CC(=O)N[C@@H](CCCNC(=N)N)C(=O)N[C@@H](C)C(=O)N[C@@H](Cc1c[nH]c2ccccc12)C(=O)N[C@H](C(=O)N(C)[C@@H](Cc1ccccc1)C(=O)N1CCC[C@H]1C(=O)N[C@@H](CS)C(=O)NCC(N)=O)[C@@H](C)O)C(C)C. The molecule has 5 aromatic carbocycles. The van der Waals surface area contributed by atoms with E-state index in [1.807, 2.05) is 0 Å². The number of likely N-dealkylation sites (tertiary alicyclic amines) is 1. The number of carboxylic acid groups (broad SMARTS) is 1. The molecule has 6 aromatic rings. The number of H-pyrrole nitrogens is 1. The molecule has 13 atom stereocenters. The van der Waals surface area contributed by atoms with Gasteiger partial charge in [-0.25, -0.2) is 0 Å². The number of aliphatic hydroxyl groups excluding tert-OH is 1. The van der Waals surface area contributed by atoms with E-state index in [0.29, 0.717) is 45.1 Å². The Morgan fingerprint density at radius 3 is 1.58 bits per heavy atom. The number of phenolic OH excluding ortho intramolecular Hbond substituents is 1. The van der Waals surface area contributed by atoms with Crippen LogP contribution in [0.3, 0.4) is 0 Å². The maximum absolute atomic E-state index is 15.3. The van der Waals surface area contributed by atoms with Crippen molar-refractivity contribution in [3.63, 3.8) is 0 Å². The summed E-state index contributed by atoms with van der Waals surface area (Å²) >= 11 is 4.20. The van der Waals surface area contributed by atoms with Crippen LogP contribution in [0.5, 0.6) is 5.75 Å². The molecule has 40 nitrogen and oxygen atoms in total. The number of aliphatic carboxylic acids is 1. The molecule has 1 fully saturated rings. The molecule has 1 aromatic heterocycles. The van der Waals surface area contributed by atoms with Gasteiger partial charge in [0.2, 0.25) is 94.5 Å². The summed E-state index contributed by atoms with van der Waals surface area (Å²) in [7, 11) is 5.02. The number of aromatic amines is 1. The van der Waals surface area contributed by atoms with Crippen molar-refractivity contribution in [2.75, 3.05) is 66.7 Å². The molecule has 0 radical (unpaired) electrons. The third kappa shape index (κ3) is 32.0. The van der Waals surface area contributed by atoms with Crippen LogP contribution in [0.4, 0.5) is 0 Å². The lowest BCUT2D eigenvalue weighted by molar-refractivity contribution is -0.150. The number of benzene rings is 5. The van der Waals surface area contributed by atoms with Gasteiger partial charge in [-0.1, -0.05) is 142 Å². The highest BCUT2D eigenvalue weighted by molar-refractivity contribution is 7.80. The number of hydrogen-bond donors (Lipinski definition) is 19. The Morgan fingerprint density at radius 2 is 1.02 bits per heavy atom. The summed E-state index contributed by atoms with van der Waals surface area (Å²) in [6.45, 7) is 5.29. The number of fused-ring (bicyclic) bond motifs is 1. The lowest BCUT2D eigenvalue weighted by atomic mass is 10.00. The molecule has 41 heteroatoms. The number of nitrogens with one attached hydrogen (secondary N) is 13. The number of nitrogens with zero attached hydrogens (tertiary/aromatic N) is 5. The number of carbonyl (C=O) groups excluding carboxylic acids is 16. The zero-order valence-corrected chi connectivity index (χ0v) is 76.2. The van der Waals surface area contributed by atoms with E-state index in [0.717, 1.165) is 19.6 Å². The summed E-state index contributed by atoms with van der Waals surface area (Å²) in [4.78, 5) is 248. The number of aromatic hydroxyl groups is 1. The second kappa shape index (κ2) is 51.4. The Kier molecular flexibility index (Phi) is 40.9. The zero-order valence-electron chi connectivity index (χ0n) is 75.3. The average Bonchev–Trinajstić information content (AvgIpc) is 1.58. The zero-order chi connectivity index (χ0) is 97.2. The van der Waals surface area contributed by atoms with Crippen molar-refractivity contribution < 1.29 is 96.8 Å². The summed E-state index contributed by atoms with van der Waals surface area (Å²) in [6, 6.07) is 21.1. The van der Waals surface area contributed by atoms with E-state index in [-0.39, 0.29) is 82.4 Å². The van der Waals surface area contributed by atoms with Gasteiger partial charge in [0.15, 0.2) is 5.96 Å². The highest BCUT2D eigenvalue weighted by Crippen LogP contribution is 2.25. The van der Waals surface area contributed by atoms with Crippen LogP contribution in [-0.2, 0) is 114 Å². The summed E-state index contributed by atoms with van der Waals surface area (Å²) in [5.74, 6) is -16.2. The van der Waals surface area contributed by atoms with Crippen molar-refractivity contribution in [1.29, 1.82) is 5.41 Å². The van der Waals surface area contributed by atoms with Gasteiger partial charge >= 0.3 is 5.97 Å². The van der Waals surface area contributed by atoms with Gasteiger partial charge in [-0.05, 0) is 97.9 Å². The highest BCUT2D eigenvalue weighted by atomic mass is 32.1. The number of aromatic nitrogens is 1. The van der Waals surface area contributed by atoms with Crippen LogP contribution in [0.15, 0.2) is 146 Å². The van der Waals surface area contributed by atoms with E-state index in [2.05, 4.69) is 76.1 Å². The summed E-state index contributed by atoms with van der Waals surface area (Å²) in [5, 5.41) is 68.5. The molecule has 0 bridgehead atoms. The molecule has 1 aliphatic heterocycles. The number of amides is 16. The number of aliphatic hydroxyl groups is 1. The molecule has 132 heavy (non-hydrogen) atoms. The number of carboxylic acids is 1. The lowest BCUT2D eigenvalue weighted by Gasteiger charge is -2.36. The van der Waals surface area contributed by atoms with Crippen molar-refractivity contribution in [1.82, 2.24) is 88.0 Å². The van der Waals surface area contributed by atoms with Gasteiger partial charge in [0.25, 0.3) is 0 Å². The van der Waals surface area contributed by atoms with E-state index >= 15 is 24.0 Å². The fraction of sp³-hybridized carbons (Fsp3) is 0.451. The molecule has 16 amide bonds. The highest BCUT2D eigenvalue weighted by Gasteiger charge is 2.44. The molecular weight excluding hydrogens is 1730 g/mol. The minimum atomic E-state index is -1.82. The number of rotatable bonds is 50. The molecule has 0 saturated carbocycles. The fourth-order valence-corrected chi connectivity index (χ4v) is 15.2. The van der Waals surface area contributed by atoms with Crippen LogP contribution in [0, 0.1) is 11.3 Å². The standard InChI is InChI=1S/C91H122N20O20S/c1-10-73(115)100-65(42-55-24-14-11-15-25-55)82(123)105-77(52(2)3)85(126)102-64(38-39-76(118)119)86(127)107(6)49-75(117)101-67(43-58-34-36-60(113)37-35-58)87(128)109(8)70(44-56-26-16-12-17-27-56)88(129)108(7)50-74(116)99-63(32-22-40-95-91(93)94)81(122)98-53(4)79(120)103-66(46-59-47-96-62-31-21-20-30-61(59)62)83(124)106-78(54(5)112)90(131)110(9)71(45-57-28-18-13-19-29-57)89(130)111-41-23-33-69(111)84(125)104-68(51-132)80(121)97-48-72(92)114/h11-21,24-31,34-37,47,52-54,63-71,77-78,96,112-113,132H,10,22-23,32-33,38-46,48-51H2,1-9H3,(H2,92,114)(H,97,121)(H,98,122)(H,99,116)(H,100,115)(H,101,117)(H,102,126)(H,103,120)(H,104,125)(H,105,123)(H,106,124)(H,118,119)(H4,93,94,95)/t53-,54+,63-,64-,65-,66-,67-,68-,69-,70-,71-,77-,78-/m0/s1. The first-order chi connectivity index (χ1) is 62.7. The maximum Gasteiger partial charge on any atom is 0.303 e. The number of para-hydroxylation sites is 1. The van der Waals surface area contributed by atoms with E-state index in [9.17, 15) is 72.9 Å². The predicted molar refractivity (Wildman–Crippen MR) is 489 cm³/mol. The molecule has 712 valence electrons. The largest absolute Gasteiger partial charge is 0.508 e. The van der Waals surface area contributed by atoms with Crippen molar-refractivity contribution in [3.8, 4) is 5.75 Å². The molecule has 0 unspecified atom stereocenters. The normalized spacial score (nSPS) is 15.0. The number of likely N-dealkylation sites (N-methyl/N-ethyl adjacent to an activating group) is 4. The molecule has 7 rings (SSSR count). The van der Waals surface area contributed by atoms with Crippen LogP contribution in [0.25, 0.3) is 10.9 Å². The number of phenols is 1. The topological polar surface area (TPSA) is 591 Å². The Hall–Kier alpha value is -14.0. The van der Waals surface area contributed by atoms with E-state index in [1.54, 1.807) is 142 Å². The Bertz CT molecular complexity index is 5030. The minimum Gasteiger partial charge on any atom is -0.508 e. The van der Waals surface area contributed by atoms with E-state index < -0.39 is 223 Å². The van der Waals surface area contributed by atoms with Crippen molar-refractivity contribution >= 4 is 130 Å². The summed E-state index contributed by atoms with van der Waals surface area (Å²) < 4.78 is 0. The van der Waals surface area contributed by atoms with Crippen LogP contribution < -0.4 is 70.0 Å². The summed E-state index contributed by atoms with van der Waals surface area (Å²) in [5.41, 5.74) is 14.1. The number of hydrogen-bond acceptors (Lipinski definition) is 21. The van der Waals surface area contributed by atoms with Crippen LogP contribution in [-0.4, -0.2) is 297 Å². The van der Waals surface area contributed by atoms with Gasteiger partial charge in [0, 0.05) is 109 Å². The van der Waals surface area contributed by atoms with E-state index in [4.69, 9.17) is 16.9 Å². The van der Waals surface area contributed by atoms with Gasteiger partial charge in [-0.3, -0.25) is 86.9 Å². The van der Waals surface area contributed by atoms with E-state index in [1.165, 1.54) is 71.2 Å². The van der Waals surface area contributed by atoms with Crippen LogP contribution in [0.2, 0.25) is 0 Å². The lowest BCUT2D eigenvalue weighted by Crippen LogP contribution is -2.62. The second-order valence-electron chi connectivity index (χ2n) is 32.9. The number of carbonyl (C=O) groups is 17. The molecule has 0 aliphatic carbocycles. The Balaban J connectivity index is 1.08. The third-order valence-electron chi connectivity index (χ3n) is 22.3. The number of thiol groups is 1. The van der Waals surface area contributed by atoms with Crippen molar-refractivity contribution in [3.05, 3.63) is 174 Å². The molecule has 1 saturated heterocycles. The summed E-state index contributed by atoms with van der Waals surface area (Å²) in [6.07, 6.45) is -1.60. The number of primary amides is 1. The van der Waals surface area contributed by atoms with Crippen molar-refractivity contribution in [2.45, 2.75) is 190 Å². The van der Waals surface area contributed by atoms with Gasteiger partial charge in [0.05, 0.1) is 25.7 Å². The molecular formula is C91H122N20O20S. The molecule has 1 aliphatic rings. The second-order valence-corrected chi connectivity index (χ2v) is 33.2. The van der Waals surface area contributed by atoms with Crippen molar-refractivity contribution in [2.24, 2.45) is 17.4 Å². The first-order valence-electron chi connectivity index (χ1n) is 43.3.